The van der Waals surface area contributed by atoms with Gasteiger partial charge >= 0.3 is 17.9 Å². The van der Waals surface area contributed by atoms with Crippen LogP contribution in [0.3, 0.4) is 0 Å². The Balaban J connectivity index is 4.55. The van der Waals surface area contributed by atoms with Gasteiger partial charge in [0.25, 0.3) is 0 Å². The molecular formula is C57H86O6. The second-order valence-corrected chi connectivity index (χ2v) is 15.4. The Morgan fingerprint density at radius 1 is 0.333 bits per heavy atom. The van der Waals surface area contributed by atoms with E-state index in [1.165, 1.54) is 0 Å². The first kappa shape index (κ1) is 58.3. The van der Waals surface area contributed by atoms with Crippen molar-refractivity contribution < 1.29 is 28.6 Å². The predicted molar refractivity (Wildman–Crippen MR) is 269 cm³/mol. The molecule has 63 heavy (non-hydrogen) atoms. The molecule has 0 aliphatic carbocycles. The van der Waals surface area contributed by atoms with Crippen LogP contribution in [0.5, 0.6) is 0 Å². The van der Waals surface area contributed by atoms with Crippen LogP contribution in [0.1, 0.15) is 175 Å². The van der Waals surface area contributed by atoms with E-state index in [4.69, 9.17) is 14.2 Å². The number of unbranched alkanes of at least 4 members (excludes halogenated alkanes) is 11. The quantitative estimate of drug-likeness (QED) is 0.0200. The van der Waals surface area contributed by atoms with Gasteiger partial charge in [-0.2, -0.15) is 0 Å². The Kier molecular flexibility index (Phi) is 46.2. The summed E-state index contributed by atoms with van der Waals surface area (Å²) in [5, 5.41) is 0. The van der Waals surface area contributed by atoms with Crippen molar-refractivity contribution in [3.8, 4) is 0 Å². The van der Waals surface area contributed by atoms with E-state index >= 15 is 0 Å². The van der Waals surface area contributed by atoms with Gasteiger partial charge in [-0.3, -0.25) is 14.4 Å². The molecule has 0 aromatic rings. The predicted octanol–water partition coefficient (Wildman–Crippen LogP) is 16.1. The Labute approximate surface area is 385 Å². The molecule has 0 radical (unpaired) electrons. The first-order valence-electron chi connectivity index (χ1n) is 24.4. The van der Waals surface area contributed by atoms with E-state index in [0.29, 0.717) is 19.3 Å². The van der Waals surface area contributed by atoms with Crippen molar-refractivity contribution in [3.63, 3.8) is 0 Å². The molecule has 6 heteroatoms. The fourth-order valence-corrected chi connectivity index (χ4v) is 5.89. The van der Waals surface area contributed by atoms with Crippen molar-refractivity contribution in [2.45, 2.75) is 181 Å². The molecule has 0 fully saturated rings. The van der Waals surface area contributed by atoms with Crippen LogP contribution in [0.2, 0.25) is 0 Å². The number of hydrogen-bond donors (Lipinski definition) is 0. The lowest BCUT2D eigenvalue weighted by Crippen LogP contribution is -2.30. The first-order valence-corrected chi connectivity index (χ1v) is 24.4. The van der Waals surface area contributed by atoms with Gasteiger partial charge in [0.2, 0.25) is 0 Å². The van der Waals surface area contributed by atoms with Crippen LogP contribution >= 0.6 is 0 Å². The molecule has 0 aromatic heterocycles. The van der Waals surface area contributed by atoms with Crippen LogP contribution in [0.4, 0.5) is 0 Å². The Hall–Kier alpha value is -4.71. The van der Waals surface area contributed by atoms with E-state index in [1.54, 1.807) is 0 Å². The number of hydrogen-bond acceptors (Lipinski definition) is 6. The van der Waals surface area contributed by atoms with Crippen molar-refractivity contribution in [1.82, 2.24) is 0 Å². The van der Waals surface area contributed by atoms with Gasteiger partial charge in [-0.15, -0.1) is 0 Å². The Bertz CT molecular complexity index is 1460. The van der Waals surface area contributed by atoms with E-state index in [-0.39, 0.29) is 37.5 Å². The lowest BCUT2D eigenvalue weighted by atomic mass is 10.1. The number of ether oxygens (including phenoxy) is 3. The normalized spacial score (nSPS) is 13.4. The zero-order valence-electron chi connectivity index (χ0n) is 39.8. The molecule has 0 N–H and O–H groups in total. The summed E-state index contributed by atoms with van der Waals surface area (Å²) in [6.45, 7) is 6.13. The number of esters is 3. The summed E-state index contributed by atoms with van der Waals surface area (Å²) in [6.07, 6.45) is 71.2. The van der Waals surface area contributed by atoms with E-state index in [2.05, 4.69) is 124 Å². The SMILES string of the molecule is CC\C=C/C=C\C=C/C=C\CCCCCC(=O)OC(COC(=O)CCCCC/C=C\C/C=C\C/C=C\C/C=C\C/C=C\CC)COC(=O)CCCCCCC\C=C/C=C\C=C/CC. The third-order valence-corrected chi connectivity index (χ3v) is 9.48. The van der Waals surface area contributed by atoms with Gasteiger partial charge < -0.3 is 14.2 Å². The van der Waals surface area contributed by atoms with Crippen LogP contribution in [0.25, 0.3) is 0 Å². The molecule has 0 aliphatic rings. The van der Waals surface area contributed by atoms with Gasteiger partial charge in [-0.25, -0.2) is 0 Å². The van der Waals surface area contributed by atoms with Crippen LogP contribution in [0, 0.1) is 0 Å². The van der Waals surface area contributed by atoms with Crippen molar-refractivity contribution in [2.24, 2.45) is 0 Å². The Morgan fingerprint density at radius 2 is 0.651 bits per heavy atom. The van der Waals surface area contributed by atoms with E-state index in [0.717, 1.165) is 128 Å². The summed E-state index contributed by atoms with van der Waals surface area (Å²) < 4.78 is 16.7. The lowest BCUT2D eigenvalue weighted by Gasteiger charge is -2.18. The first-order chi connectivity index (χ1) is 31.0. The molecule has 0 saturated carbocycles. The molecule has 0 spiro atoms. The third-order valence-electron chi connectivity index (χ3n) is 9.48. The molecular weight excluding hydrogens is 781 g/mol. The second-order valence-electron chi connectivity index (χ2n) is 15.4. The van der Waals surface area contributed by atoms with Crippen LogP contribution < -0.4 is 0 Å². The van der Waals surface area contributed by atoms with Crippen LogP contribution in [-0.2, 0) is 28.6 Å². The highest BCUT2D eigenvalue weighted by molar-refractivity contribution is 5.71. The average Bonchev–Trinajstić information content (AvgIpc) is 3.28. The molecule has 1 atom stereocenters. The minimum absolute atomic E-state index is 0.123. The number of allylic oxidation sites excluding steroid dienone is 24. The maximum atomic E-state index is 12.8. The molecule has 6 nitrogen and oxygen atoms in total. The highest BCUT2D eigenvalue weighted by Crippen LogP contribution is 2.11. The maximum absolute atomic E-state index is 12.8. The molecule has 1 unspecified atom stereocenters. The van der Waals surface area contributed by atoms with Gasteiger partial charge in [0.15, 0.2) is 6.10 Å². The molecule has 0 amide bonds. The summed E-state index contributed by atoms with van der Waals surface area (Å²) in [5.41, 5.74) is 0. The van der Waals surface area contributed by atoms with Gasteiger partial charge in [0, 0.05) is 19.3 Å². The standard InChI is InChI=1S/C57H86O6/c1-4-7-10-13-16-19-22-25-26-27-28-29-30-33-35-38-41-44-47-50-56(59)62-53-54(63-57(60)51-48-45-42-39-36-32-24-21-18-15-12-9-6-3)52-61-55(58)49-46-43-40-37-34-31-23-20-17-14-11-8-5-2/h7-12,14-21,23-26,28-29,32-33,35-36,54H,4-6,13,22,27,30-31,34,37-53H2,1-3H3/b10-7-,11-8-,12-9-,17-14-,18-15-,19-16-,23-20-,24-21-,26-25-,29-28-,35-33-,36-32-. The fourth-order valence-electron chi connectivity index (χ4n) is 5.89. The zero-order valence-corrected chi connectivity index (χ0v) is 39.8. The van der Waals surface area contributed by atoms with Gasteiger partial charge in [0.05, 0.1) is 0 Å². The maximum Gasteiger partial charge on any atom is 0.306 e. The molecule has 350 valence electrons. The highest BCUT2D eigenvalue weighted by Gasteiger charge is 2.19. The molecule has 0 rings (SSSR count). The second kappa shape index (κ2) is 49.9. The monoisotopic (exact) mass is 867 g/mol. The summed E-state index contributed by atoms with van der Waals surface area (Å²) in [7, 11) is 0. The third kappa shape index (κ3) is 48.2. The Morgan fingerprint density at radius 3 is 1.10 bits per heavy atom. The van der Waals surface area contributed by atoms with Crippen LogP contribution in [0.15, 0.2) is 146 Å². The van der Waals surface area contributed by atoms with Crippen molar-refractivity contribution in [2.75, 3.05) is 13.2 Å². The summed E-state index contributed by atoms with van der Waals surface area (Å²) in [5.74, 6) is -1.03. The largest absolute Gasteiger partial charge is 0.462 e. The van der Waals surface area contributed by atoms with Gasteiger partial charge in [-0.05, 0) is 103 Å². The summed E-state index contributed by atoms with van der Waals surface area (Å²) >= 11 is 0. The molecule has 0 saturated heterocycles. The minimum atomic E-state index is -0.826. The molecule has 0 heterocycles. The number of rotatable bonds is 41. The number of carbonyl (C=O) groups is 3. The molecule has 0 aromatic carbocycles. The topological polar surface area (TPSA) is 78.9 Å². The van der Waals surface area contributed by atoms with Crippen LogP contribution in [-0.4, -0.2) is 37.2 Å². The lowest BCUT2D eigenvalue weighted by molar-refractivity contribution is -0.167. The van der Waals surface area contributed by atoms with Crippen molar-refractivity contribution in [3.05, 3.63) is 146 Å². The zero-order chi connectivity index (χ0) is 45.8. The fraction of sp³-hybridized carbons (Fsp3) is 0.526. The van der Waals surface area contributed by atoms with Crippen molar-refractivity contribution in [1.29, 1.82) is 0 Å². The molecule has 0 bridgehead atoms. The van der Waals surface area contributed by atoms with E-state index in [9.17, 15) is 14.4 Å². The van der Waals surface area contributed by atoms with E-state index < -0.39 is 6.10 Å². The molecule has 0 aliphatic heterocycles. The highest BCUT2D eigenvalue weighted by atomic mass is 16.6. The van der Waals surface area contributed by atoms with E-state index in [1.807, 2.05) is 42.5 Å². The van der Waals surface area contributed by atoms with Crippen molar-refractivity contribution >= 4 is 17.9 Å². The summed E-state index contributed by atoms with van der Waals surface area (Å²) in [6, 6.07) is 0. The summed E-state index contributed by atoms with van der Waals surface area (Å²) in [4.78, 5) is 37.9. The van der Waals surface area contributed by atoms with Gasteiger partial charge in [-0.1, -0.05) is 199 Å². The van der Waals surface area contributed by atoms with Gasteiger partial charge in [0.1, 0.15) is 13.2 Å². The minimum Gasteiger partial charge on any atom is -0.462 e. The smallest absolute Gasteiger partial charge is 0.306 e. The average molecular weight is 867 g/mol. The number of carbonyl (C=O) groups excluding carboxylic acids is 3.